The molecular weight excluding hydrogens is 260 g/mol. The fraction of sp³-hybridized carbons (Fsp3) is 0.0769. The van der Waals surface area contributed by atoms with E-state index >= 15 is 0 Å². The van der Waals surface area contributed by atoms with Crippen LogP contribution in [0.4, 0.5) is 5.69 Å². The minimum absolute atomic E-state index is 0.0253. The van der Waals surface area contributed by atoms with Gasteiger partial charge in [0.15, 0.2) is 5.69 Å². The smallest absolute Gasteiger partial charge is 0.325 e. The molecule has 0 bridgehead atoms. The van der Waals surface area contributed by atoms with Crippen molar-refractivity contribution >= 4 is 17.6 Å². The van der Waals surface area contributed by atoms with Gasteiger partial charge in [-0.2, -0.15) is 0 Å². The van der Waals surface area contributed by atoms with Crippen LogP contribution in [-0.2, 0) is 11.3 Å². The number of carbonyl (C=O) groups is 2. The van der Waals surface area contributed by atoms with E-state index in [1.165, 1.54) is 6.20 Å². The normalized spacial score (nSPS) is 9.75. The number of benzene rings is 1. The van der Waals surface area contributed by atoms with Crippen LogP contribution in [0.1, 0.15) is 16.1 Å². The lowest BCUT2D eigenvalue weighted by Crippen LogP contribution is -2.12. The van der Waals surface area contributed by atoms with Crippen LogP contribution in [0.15, 0.2) is 30.5 Å². The number of nitrogens with zero attached hydrogens (tertiary/aromatic N) is 3. The third-order valence-corrected chi connectivity index (χ3v) is 2.36. The van der Waals surface area contributed by atoms with Crippen molar-refractivity contribution in [1.82, 2.24) is 15.0 Å². The molecule has 1 amide bonds. The van der Waals surface area contributed by atoms with Crippen LogP contribution in [0.3, 0.4) is 0 Å². The van der Waals surface area contributed by atoms with E-state index in [0.717, 1.165) is 4.68 Å². The molecule has 7 nitrogen and oxygen atoms in total. The highest BCUT2D eigenvalue weighted by Crippen LogP contribution is 2.10. The molecule has 7 heteroatoms. The number of hydrogen-bond acceptors (Lipinski definition) is 4. The third-order valence-electron chi connectivity index (χ3n) is 2.36. The number of terminal acetylenes is 1. The molecule has 0 spiro atoms. The molecule has 0 aliphatic carbocycles. The van der Waals surface area contributed by atoms with Gasteiger partial charge in [-0.3, -0.25) is 9.59 Å². The third kappa shape index (κ3) is 3.20. The summed E-state index contributed by atoms with van der Waals surface area (Å²) in [4.78, 5) is 22.4. The summed E-state index contributed by atoms with van der Waals surface area (Å²) in [6.45, 7) is -0.354. The molecule has 0 saturated heterocycles. The molecule has 0 atom stereocenters. The maximum atomic E-state index is 11.9. The first kappa shape index (κ1) is 13.3. The second-order valence-corrected chi connectivity index (χ2v) is 3.87. The number of nitrogens with one attached hydrogen (secondary N) is 1. The second-order valence-electron chi connectivity index (χ2n) is 3.87. The van der Waals surface area contributed by atoms with E-state index in [1.807, 2.05) is 0 Å². The minimum atomic E-state index is -1.07. The summed E-state index contributed by atoms with van der Waals surface area (Å²) in [6, 6.07) is 6.77. The van der Waals surface area contributed by atoms with E-state index in [9.17, 15) is 9.59 Å². The predicted octanol–water partition coefficient (Wildman–Crippen LogP) is 0.596. The molecule has 0 saturated carbocycles. The Balaban J connectivity index is 2.10. The molecule has 0 radical (unpaired) electrons. The molecule has 0 aliphatic heterocycles. The number of aliphatic carboxylic acids is 1. The average molecular weight is 270 g/mol. The number of carbonyl (C=O) groups excluding carboxylic acids is 1. The molecule has 2 N–H and O–H groups in total. The molecule has 1 heterocycles. The topological polar surface area (TPSA) is 97.1 Å². The van der Waals surface area contributed by atoms with Gasteiger partial charge in [0, 0.05) is 11.3 Å². The number of carboxylic acid groups (broad SMARTS) is 1. The highest BCUT2D eigenvalue weighted by atomic mass is 16.4. The number of amides is 1. The molecule has 100 valence electrons. The second kappa shape index (κ2) is 5.67. The van der Waals surface area contributed by atoms with Gasteiger partial charge in [-0.05, 0) is 18.2 Å². The average Bonchev–Trinajstić information content (AvgIpc) is 2.86. The zero-order valence-corrected chi connectivity index (χ0v) is 10.3. The van der Waals surface area contributed by atoms with E-state index in [4.69, 9.17) is 11.5 Å². The molecule has 0 unspecified atom stereocenters. The van der Waals surface area contributed by atoms with Gasteiger partial charge in [0.2, 0.25) is 0 Å². The largest absolute Gasteiger partial charge is 0.480 e. The maximum absolute atomic E-state index is 11.9. The first-order valence-corrected chi connectivity index (χ1v) is 5.58. The fourth-order valence-electron chi connectivity index (χ4n) is 1.50. The van der Waals surface area contributed by atoms with Crippen molar-refractivity contribution in [3.8, 4) is 12.3 Å². The lowest BCUT2D eigenvalue weighted by atomic mass is 10.2. The van der Waals surface area contributed by atoms with Crippen molar-refractivity contribution in [1.29, 1.82) is 0 Å². The summed E-state index contributed by atoms with van der Waals surface area (Å²) in [5.74, 6) is 0.901. The van der Waals surface area contributed by atoms with Crippen LogP contribution in [-0.4, -0.2) is 32.0 Å². The number of aromatic nitrogens is 3. The van der Waals surface area contributed by atoms with Gasteiger partial charge in [-0.15, -0.1) is 11.5 Å². The highest BCUT2D eigenvalue weighted by molar-refractivity contribution is 6.02. The van der Waals surface area contributed by atoms with Gasteiger partial charge in [-0.1, -0.05) is 17.2 Å². The Labute approximate surface area is 114 Å². The van der Waals surface area contributed by atoms with Crippen molar-refractivity contribution in [2.24, 2.45) is 0 Å². The van der Waals surface area contributed by atoms with Gasteiger partial charge in [0.05, 0.1) is 6.20 Å². The van der Waals surface area contributed by atoms with Crippen molar-refractivity contribution < 1.29 is 14.7 Å². The Morgan fingerprint density at radius 3 is 2.95 bits per heavy atom. The van der Waals surface area contributed by atoms with E-state index in [-0.39, 0.29) is 12.2 Å². The molecule has 1 aromatic carbocycles. The van der Waals surface area contributed by atoms with E-state index < -0.39 is 11.9 Å². The Bertz CT molecular complexity index is 700. The molecule has 2 rings (SSSR count). The van der Waals surface area contributed by atoms with Crippen molar-refractivity contribution in [3.63, 3.8) is 0 Å². The van der Waals surface area contributed by atoms with Crippen molar-refractivity contribution in [3.05, 3.63) is 41.7 Å². The number of anilines is 1. The van der Waals surface area contributed by atoms with Crippen LogP contribution < -0.4 is 5.32 Å². The minimum Gasteiger partial charge on any atom is -0.480 e. The highest BCUT2D eigenvalue weighted by Gasteiger charge is 2.12. The standard InChI is InChI=1S/C13H10N4O3/c1-2-9-4-3-5-10(6-9)14-13(20)11-7-17(16-15-11)8-12(18)19/h1,3-7H,8H2,(H,14,20)(H,18,19). The van der Waals surface area contributed by atoms with Crippen LogP contribution in [0, 0.1) is 12.3 Å². The quantitative estimate of drug-likeness (QED) is 0.793. The number of rotatable bonds is 4. The van der Waals surface area contributed by atoms with Crippen molar-refractivity contribution in [2.75, 3.05) is 5.32 Å². The van der Waals surface area contributed by atoms with Gasteiger partial charge in [0.1, 0.15) is 6.54 Å². The lowest BCUT2D eigenvalue weighted by molar-refractivity contribution is -0.137. The Kier molecular flexibility index (Phi) is 3.77. The zero-order valence-electron chi connectivity index (χ0n) is 10.3. The summed E-state index contributed by atoms with van der Waals surface area (Å²) >= 11 is 0. The Hall–Kier alpha value is -3.14. The summed E-state index contributed by atoms with van der Waals surface area (Å²) in [5, 5.41) is 18.4. The predicted molar refractivity (Wildman–Crippen MR) is 70.0 cm³/mol. The van der Waals surface area contributed by atoms with Crippen molar-refractivity contribution in [2.45, 2.75) is 6.54 Å². The van der Waals surface area contributed by atoms with Gasteiger partial charge < -0.3 is 10.4 Å². The van der Waals surface area contributed by atoms with E-state index in [1.54, 1.807) is 24.3 Å². The molecule has 2 aromatic rings. The molecule has 0 fully saturated rings. The molecule has 1 aromatic heterocycles. The van der Waals surface area contributed by atoms with Gasteiger partial charge in [0.25, 0.3) is 5.91 Å². The SMILES string of the molecule is C#Cc1cccc(NC(=O)c2cn(CC(=O)O)nn2)c1. The van der Waals surface area contributed by atoms with E-state index in [2.05, 4.69) is 21.5 Å². The van der Waals surface area contributed by atoms with Crippen LogP contribution in [0.2, 0.25) is 0 Å². The summed E-state index contributed by atoms with van der Waals surface area (Å²) in [6.07, 6.45) is 6.52. The van der Waals surface area contributed by atoms with Crippen LogP contribution >= 0.6 is 0 Å². The zero-order chi connectivity index (χ0) is 14.5. The van der Waals surface area contributed by atoms with Gasteiger partial charge in [-0.25, -0.2) is 4.68 Å². The lowest BCUT2D eigenvalue weighted by Gasteiger charge is -2.02. The molecular formula is C13H10N4O3. The first-order chi connectivity index (χ1) is 9.58. The first-order valence-electron chi connectivity index (χ1n) is 5.58. The van der Waals surface area contributed by atoms with E-state index in [0.29, 0.717) is 11.3 Å². The van der Waals surface area contributed by atoms with Crippen LogP contribution in [0.25, 0.3) is 0 Å². The Morgan fingerprint density at radius 2 is 2.25 bits per heavy atom. The van der Waals surface area contributed by atoms with Crippen LogP contribution in [0.5, 0.6) is 0 Å². The summed E-state index contributed by atoms with van der Waals surface area (Å²) < 4.78 is 1.06. The Morgan fingerprint density at radius 1 is 1.45 bits per heavy atom. The molecule has 0 aliphatic rings. The molecule has 20 heavy (non-hydrogen) atoms. The maximum Gasteiger partial charge on any atom is 0.325 e. The summed E-state index contributed by atoms with van der Waals surface area (Å²) in [7, 11) is 0. The fourth-order valence-corrected chi connectivity index (χ4v) is 1.50. The monoisotopic (exact) mass is 270 g/mol. The number of carboxylic acids is 1. The summed E-state index contributed by atoms with van der Waals surface area (Å²) in [5.41, 5.74) is 1.19. The number of hydrogen-bond donors (Lipinski definition) is 2. The van der Waals surface area contributed by atoms with Gasteiger partial charge >= 0.3 is 5.97 Å².